The Labute approximate surface area is 109 Å². The van der Waals surface area contributed by atoms with Crippen LogP contribution in [-0.2, 0) is 4.79 Å². The Morgan fingerprint density at radius 2 is 2.00 bits per heavy atom. The molecule has 0 aliphatic heterocycles. The molecule has 4 N–H and O–H groups in total. The van der Waals surface area contributed by atoms with Gasteiger partial charge in [0.1, 0.15) is 0 Å². The maximum Gasteiger partial charge on any atom is 0.323 e. The quantitative estimate of drug-likeness (QED) is 0.660. The minimum absolute atomic E-state index is 0.100. The molecule has 0 atom stereocenters. The van der Waals surface area contributed by atoms with E-state index in [1.807, 2.05) is 26.0 Å². The molecule has 102 valence electrons. The van der Waals surface area contributed by atoms with E-state index in [2.05, 4.69) is 15.3 Å². The number of anilines is 1. The average molecular weight is 263 g/mol. The van der Waals surface area contributed by atoms with Gasteiger partial charge in [-0.1, -0.05) is 13.8 Å². The van der Waals surface area contributed by atoms with Gasteiger partial charge in [-0.25, -0.2) is 4.79 Å². The molecule has 1 aromatic heterocycles. The number of aliphatic carboxylic acids is 1. The molecule has 2 rings (SSSR count). The van der Waals surface area contributed by atoms with E-state index in [4.69, 9.17) is 5.11 Å². The Bertz CT molecular complexity index is 654. The molecule has 0 spiro atoms. The minimum atomic E-state index is -0.808. The lowest BCUT2D eigenvalue weighted by molar-refractivity contribution is -0.139. The van der Waals surface area contributed by atoms with Crippen molar-refractivity contribution in [2.45, 2.75) is 20.3 Å². The number of aromatic amines is 2. The second-order valence-electron chi connectivity index (χ2n) is 5.43. The van der Waals surface area contributed by atoms with Crippen molar-refractivity contribution in [3.8, 4) is 0 Å². The van der Waals surface area contributed by atoms with Crippen molar-refractivity contribution in [1.82, 2.24) is 9.97 Å². The van der Waals surface area contributed by atoms with Gasteiger partial charge in [-0.2, -0.15) is 0 Å². The van der Waals surface area contributed by atoms with Crippen molar-refractivity contribution in [3.63, 3.8) is 0 Å². The number of carboxylic acid groups (broad SMARTS) is 1. The summed E-state index contributed by atoms with van der Waals surface area (Å²) in [6, 6.07) is 5.48. The molecule has 0 radical (unpaired) electrons. The number of hydrogen-bond acceptors (Lipinski definition) is 3. The van der Waals surface area contributed by atoms with Crippen LogP contribution in [0.3, 0.4) is 0 Å². The number of hydrogen-bond donors (Lipinski definition) is 4. The zero-order valence-electron chi connectivity index (χ0n) is 10.9. The Hall–Kier alpha value is -2.24. The van der Waals surface area contributed by atoms with Gasteiger partial charge in [-0.3, -0.25) is 4.79 Å². The van der Waals surface area contributed by atoms with Crippen LogP contribution in [0.25, 0.3) is 11.0 Å². The van der Waals surface area contributed by atoms with Crippen LogP contribution in [0.1, 0.15) is 20.3 Å². The van der Waals surface area contributed by atoms with Crippen molar-refractivity contribution in [3.05, 3.63) is 28.7 Å². The van der Waals surface area contributed by atoms with Crippen molar-refractivity contribution < 1.29 is 9.90 Å². The fourth-order valence-electron chi connectivity index (χ4n) is 1.96. The van der Waals surface area contributed by atoms with Crippen LogP contribution < -0.4 is 11.0 Å². The Balaban J connectivity index is 2.09. The second kappa shape index (κ2) is 4.79. The maximum atomic E-state index is 11.1. The highest BCUT2D eigenvalue weighted by molar-refractivity contribution is 5.78. The fourth-order valence-corrected chi connectivity index (χ4v) is 1.96. The summed E-state index contributed by atoms with van der Waals surface area (Å²) in [4.78, 5) is 27.2. The summed E-state index contributed by atoms with van der Waals surface area (Å²) < 4.78 is 0. The lowest BCUT2D eigenvalue weighted by Crippen LogP contribution is -2.26. The van der Waals surface area contributed by atoms with Gasteiger partial charge in [0.25, 0.3) is 0 Å². The molecule has 0 bridgehead atoms. The summed E-state index contributed by atoms with van der Waals surface area (Å²) in [6.45, 7) is 4.33. The Morgan fingerprint density at radius 3 is 2.68 bits per heavy atom. The zero-order chi connectivity index (χ0) is 14.0. The normalized spacial score (nSPS) is 11.7. The van der Waals surface area contributed by atoms with Crippen molar-refractivity contribution in [2.24, 2.45) is 5.41 Å². The smallest absolute Gasteiger partial charge is 0.323 e. The van der Waals surface area contributed by atoms with Crippen molar-refractivity contribution in [1.29, 1.82) is 0 Å². The lowest BCUT2D eigenvalue weighted by atomic mass is 9.89. The molecule has 19 heavy (non-hydrogen) atoms. The number of imidazole rings is 1. The first-order valence-electron chi connectivity index (χ1n) is 6.03. The molecular formula is C13H17N3O3. The van der Waals surface area contributed by atoms with E-state index in [9.17, 15) is 9.59 Å². The number of H-pyrrole nitrogens is 2. The number of aromatic nitrogens is 2. The van der Waals surface area contributed by atoms with Gasteiger partial charge in [0.2, 0.25) is 0 Å². The monoisotopic (exact) mass is 263 g/mol. The summed E-state index contributed by atoms with van der Waals surface area (Å²) in [6.07, 6.45) is 0.100. The summed E-state index contributed by atoms with van der Waals surface area (Å²) in [5.74, 6) is -0.808. The third-order valence-electron chi connectivity index (χ3n) is 2.92. The second-order valence-corrected chi connectivity index (χ2v) is 5.43. The standard InChI is InChI=1S/C13H17N3O3/c1-13(2,6-11(17)18)7-14-8-3-4-9-10(5-8)16-12(19)15-9/h3-5,14H,6-7H2,1-2H3,(H,17,18)(H2,15,16,19). The van der Waals surface area contributed by atoms with Crippen LogP contribution in [-0.4, -0.2) is 27.6 Å². The van der Waals surface area contributed by atoms with E-state index in [0.717, 1.165) is 16.7 Å². The number of carbonyl (C=O) groups is 1. The molecule has 0 saturated heterocycles. The van der Waals surface area contributed by atoms with Gasteiger partial charge in [0.05, 0.1) is 17.5 Å². The van der Waals surface area contributed by atoms with Gasteiger partial charge in [-0.15, -0.1) is 0 Å². The first-order valence-corrected chi connectivity index (χ1v) is 6.03. The van der Waals surface area contributed by atoms with Crippen molar-refractivity contribution in [2.75, 3.05) is 11.9 Å². The fraction of sp³-hybridized carbons (Fsp3) is 0.385. The molecule has 0 aliphatic rings. The molecule has 1 heterocycles. The molecular weight excluding hydrogens is 246 g/mol. The topological polar surface area (TPSA) is 98.0 Å². The largest absolute Gasteiger partial charge is 0.481 e. The third-order valence-corrected chi connectivity index (χ3v) is 2.92. The number of rotatable bonds is 5. The maximum absolute atomic E-state index is 11.1. The highest BCUT2D eigenvalue weighted by Gasteiger charge is 2.21. The first-order chi connectivity index (χ1) is 8.85. The molecule has 0 unspecified atom stereocenters. The van der Waals surface area contributed by atoms with Gasteiger partial charge in [0.15, 0.2) is 0 Å². The van der Waals surface area contributed by atoms with Crippen LogP contribution in [0.4, 0.5) is 5.69 Å². The van der Waals surface area contributed by atoms with Crippen LogP contribution in [0.15, 0.2) is 23.0 Å². The summed E-state index contributed by atoms with van der Waals surface area (Å²) in [5.41, 5.74) is 1.75. The van der Waals surface area contributed by atoms with Gasteiger partial charge in [0, 0.05) is 12.2 Å². The van der Waals surface area contributed by atoms with Gasteiger partial charge < -0.3 is 20.4 Å². The van der Waals surface area contributed by atoms with Crippen LogP contribution in [0, 0.1) is 5.41 Å². The lowest BCUT2D eigenvalue weighted by Gasteiger charge is -2.23. The molecule has 0 fully saturated rings. The minimum Gasteiger partial charge on any atom is -0.481 e. The van der Waals surface area contributed by atoms with Gasteiger partial charge in [-0.05, 0) is 23.6 Å². The zero-order valence-corrected chi connectivity index (χ0v) is 10.9. The molecule has 0 saturated carbocycles. The predicted octanol–water partition coefficient (Wildman–Crippen LogP) is 1.77. The SMILES string of the molecule is CC(C)(CNc1ccc2[nH]c(=O)[nH]c2c1)CC(=O)O. The molecule has 2 aromatic rings. The summed E-state index contributed by atoms with van der Waals surface area (Å²) >= 11 is 0. The predicted molar refractivity (Wildman–Crippen MR) is 73.4 cm³/mol. The van der Waals surface area contributed by atoms with Crippen LogP contribution in [0.2, 0.25) is 0 Å². The van der Waals surface area contributed by atoms with Crippen LogP contribution in [0.5, 0.6) is 0 Å². The Kier molecular flexibility index (Phi) is 3.33. The number of fused-ring (bicyclic) bond motifs is 1. The van der Waals surface area contributed by atoms with E-state index in [-0.39, 0.29) is 17.5 Å². The number of benzene rings is 1. The van der Waals surface area contributed by atoms with Crippen LogP contribution >= 0.6 is 0 Å². The highest BCUT2D eigenvalue weighted by atomic mass is 16.4. The Morgan fingerprint density at radius 1 is 1.32 bits per heavy atom. The number of nitrogens with one attached hydrogen (secondary N) is 3. The molecule has 0 aliphatic carbocycles. The van der Waals surface area contributed by atoms with E-state index in [0.29, 0.717) is 6.54 Å². The highest BCUT2D eigenvalue weighted by Crippen LogP contribution is 2.22. The first kappa shape index (κ1) is 13.2. The summed E-state index contributed by atoms with van der Waals surface area (Å²) in [7, 11) is 0. The van der Waals surface area contributed by atoms with E-state index in [1.165, 1.54) is 0 Å². The molecule has 6 heteroatoms. The third kappa shape index (κ3) is 3.37. The van der Waals surface area contributed by atoms with E-state index < -0.39 is 5.97 Å². The number of carboxylic acids is 1. The summed E-state index contributed by atoms with van der Waals surface area (Å²) in [5, 5.41) is 12.0. The molecule has 0 amide bonds. The van der Waals surface area contributed by atoms with Gasteiger partial charge >= 0.3 is 11.7 Å². The van der Waals surface area contributed by atoms with E-state index >= 15 is 0 Å². The molecule has 1 aromatic carbocycles. The molecule has 6 nitrogen and oxygen atoms in total. The van der Waals surface area contributed by atoms with Crippen molar-refractivity contribution >= 4 is 22.7 Å². The average Bonchev–Trinajstić information content (AvgIpc) is 2.64. The van der Waals surface area contributed by atoms with E-state index in [1.54, 1.807) is 6.07 Å².